The Hall–Kier alpha value is -2.92. The van der Waals surface area contributed by atoms with Crippen molar-refractivity contribution in [2.45, 2.75) is 44.0 Å². The maximum absolute atomic E-state index is 12.5. The molecule has 5 nitrogen and oxygen atoms in total. The standard InChI is InChI=1S/C25H26O5/c26-19(12-11-17-7-3-1-4-8-17)13-14-20-21-15-24(27)29-23(21)16-22(20)30-25(28)18-9-5-2-6-10-18/h1-10,13-14,19-23,26H,11-12,15-16H2/b14-13+/t19-,20?,21?,22-,23+/m1/s1. The Bertz CT molecular complexity index is 892. The highest BCUT2D eigenvalue weighted by Gasteiger charge is 2.50. The summed E-state index contributed by atoms with van der Waals surface area (Å²) in [6.45, 7) is 0. The Morgan fingerprint density at radius 1 is 1.13 bits per heavy atom. The van der Waals surface area contributed by atoms with Gasteiger partial charge in [-0.2, -0.15) is 0 Å². The van der Waals surface area contributed by atoms with Crippen LogP contribution in [0.15, 0.2) is 72.8 Å². The first-order valence-electron chi connectivity index (χ1n) is 10.5. The van der Waals surface area contributed by atoms with Gasteiger partial charge in [0.2, 0.25) is 0 Å². The molecule has 0 bridgehead atoms. The average Bonchev–Trinajstić information content (AvgIpc) is 3.27. The van der Waals surface area contributed by atoms with Gasteiger partial charge in [0, 0.05) is 18.3 Å². The molecule has 0 amide bonds. The Morgan fingerprint density at radius 3 is 2.57 bits per heavy atom. The first-order chi connectivity index (χ1) is 14.6. The molecular weight excluding hydrogens is 380 g/mol. The monoisotopic (exact) mass is 406 g/mol. The van der Waals surface area contributed by atoms with Crippen LogP contribution in [-0.4, -0.2) is 35.4 Å². The van der Waals surface area contributed by atoms with Gasteiger partial charge in [-0.05, 0) is 30.5 Å². The van der Waals surface area contributed by atoms with Gasteiger partial charge < -0.3 is 14.6 Å². The summed E-state index contributed by atoms with van der Waals surface area (Å²) in [4.78, 5) is 24.3. The second-order valence-electron chi connectivity index (χ2n) is 8.00. The lowest BCUT2D eigenvalue weighted by Gasteiger charge is -2.20. The summed E-state index contributed by atoms with van der Waals surface area (Å²) >= 11 is 0. The van der Waals surface area contributed by atoms with E-state index in [4.69, 9.17) is 9.47 Å². The molecule has 4 rings (SSSR count). The Labute approximate surface area is 176 Å². The number of hydrogen-bond acceptors (Lipinski definition) is 5. The number of benzene rings is 2. The summed E-state index contributed by atoms with van der Waals surface area (Å²) in [7, 11) is 0. The minimum Gasteiger partial charge on any atom is -0.462 e. The number of esters is 2. The first kappa shape index (κ1) is 20.4. The molecule has 2 unspecified atom stereocenters. The number of carbonyl (C=O) groups is 2. The van der Waals surface area contributed by atoms with Crippen molar-refractivity contribution in [3.05, 3.63) is 83.9 Å². The summed E-state index contributed by atoms with van der Waals surface area (Å²) in [6.07, 6.45) is 4.65. The fourth-order valence-electron chi connectivity index (χ4n) is 4.38. The highest BCUT2D eigenvalue weighted by atomic mass is 16.6. The molecule has 1 N–H and O–H groups in total. The molecule has 1 aliphatic carbocycles. The van der Waals surface area contributed by atoms with E-state index in [1.165, 1.54) is 5.56 Å². The first-order valence-corrected chi connectivity index (χ1v) is 10.5. The minimum absolute atomic E-state index is 0.0244. The lowest BCUT2D eigenvalue weighted by Crippen LogP contribution is -2.25. The molecule has 5 atom stereocenters. The third-order valence-corrected chi connectivity index (χ3v) is 5.95. The van der Waals surface area contributed by atoms with E-state index >= 15 is 0 Å². The van der Waals surface area contributed by atoms with Crippen molar-refractivity contribution in [1.29, 1.82) is 0 Å². The SMILES string of the molecule is O=C1CC2C(/C=C/[C@H](O)CCc3ccccc3)[C@H](OC(=O)c3ccccc3)C[C@@H]2O1. The van der Waals surface area contributed by atoms with Gasteiger partial charge in [-0.3, -0.25) is 4.79 Å². The van der Waals surface area contributed by atoms with E-state index in [-0.39, 0.29) is 36.0 Å². The summed E-state index contributed by atoms with van der Waals surface area (Å²) in [5.74, 6) is -0.764. The Balaban J connectivity index is 1.41. The van der Waals surface area contributed by atoms with E-state index < -0.39 is 6.10 Å². The zero-order valence-electron chi connectivity index (χ0n) is 16.7. The van der Waals surface area contributed by atoms with E-state index in [1.54, 1.807) is 30.3 Å². The predicted molar refractivity (Wildman–Crippen MR) is 112 cm³/mol. The van der Waals surface area contributed by atoms with Gasteiger partial charge in [-0.15, -0.1) is 0 Å². The van der Waals surface area contributed by atoms with E-state index in [2.05, 4.69) is 0 Å². The molecule has 2 fully saturated rings. The molecule has 2 aromatic rings. The van der Waals surface area contributed by atoms with Crippen LogP contribution >= 0.6 is 0 Å². The largest absolute Gasteiger partial charge is 0.462 e. The zero-order chi connectivity index (χ0) is 20.9. The molecule has 1 aliphatic heterocycles. The smallest absolute Gasteiger partial charge is 0.338 e. The zero-order valence-corrected chi connectivity index (χ0v) is 16.7. The van der Waals surface area contributed by atoms with Crippen LogP contribution in [0.5, 0.6) is 0 Å². The maximum Gasteiger partial charge on any atom is 0.338 e. The number of fused-ring (bicyclic) bond motifs is 1. The van der Waals surface area contributed by atoms with Crippen LogP contribution in [-0.2, 0) is 20.7 Å². The Morgan fingerprint density at radius 2 is 1.83 bits per heavy atom. The lowest BCUT2D eigenvalue weighted by atomic mass is 9.91. The van der Waals surface area contributed by atoms with Gasteiger partial charge >= 0.3 is 11.9 Å². The lowest BCUT2D eigenvalue weighted by molar-refractivity contribution is -0.141. The molecule has 2 aliphatic rings. The van der Waals surface area contributed by atoms with Gasteiger partial charge in [0.05, 0.1) is 18.1 Å². The minimum atomic E-state index is -0.604. The second kappa shape index (κ2) is 9.26. The fraction of sp³-hybridized carbons (Fsp3) is 0.360. The summed E-state index contributed by atoms with van der Waals surface area (Å²) < 4.78 is 11.2. The molecule has 1 saturated carbocycles. The van der Waals surface area contributed by atoms with Crippen molar-refractivity contribution in [2.75, 3.05) is 0 Å². The van der Waals surface area contributed by atoms with E-state index in [0.29, 0.717) is 24.8 Å². The number of aryl methyl sites for hydroxylation is 1. The van der Waals surface area contributed by atoms with Crippen molar-refractivity contribution in [3.8, 4) is 0 Å². The molecule has 1 saturated heterocycles. The van der Waals surface area contributed by atoms with Crippen LogP contribution in [0.25, 0.3) is 0 Å². The van der Waals surface area contributed by atoms with Gasteiger partial charge in [-0.25, -0.2) is 4.79 Å². The van der Waals surface area contributed by atoms with Crippen LogP contribution in [0.4, 0.5) is 0 Å². The van der Waals surface area contributed by atoms with Gasteiger partial charge in [0.15, 0.2) is 0 Å². The second-order valence-corrected chi connectivity index (χ2v) is 8.00. The molecule has 0 radical (unpaired) electrons. The highest BCUT2D eigenvalue weighted by Crippen LogP contribution is 2.43. The molecule has 0 spiro atoms. The van der Waals surface area contributed by atoms with E-state index in [9.17, 15) is 14.7 Å². The molecule has 1 heterocycles. The molecule has 156 valence electrons. The molecule has 5 heteroatoms. The van der Waals surface area contributed by atoms with Gasteiger partial charge in [0.1, 0.15) is 12.2 Å². The summed E-state index contributed by atoms with van der Waals surface area (Å²) in [5, 5.41) is 10.4. The third kappa shape index (κ3) is 4.79. The van der Waals surface area contributed by atoms with Crippen molar-refractivity contribution in [3.63, 3.8) is 0 Å². The van der Waals surface area contributed by atoms with E-state index in [0.717, 1.165) is 6.42 Å². The number of aliphatic hydroxyl groups is 1. The topological polar surface area (TPSA) is 72.8 Å². The van der Waals surface area contributed by atoms with Crippen LogP contribution in [0.1, 0.15) is 35.2 Å². The quantitative estimate of drug-likeness (QED) is 0.561. The van der Waals surface area contributed by atoms with Crippen molar-refractivity contribution in [1.82, 2.24) is 0 Å². The molecular formula is C25H26O5. The van der Waals surface area contributed by atoms with Crippen molar-refractivity contribution in [2.24, 2.45) is 11.8 Å². The number of rotatable bonds is 7. The predicted octanol–water partition coefficient (Wildman–Crippen LogP) is 3.71. The van der Waals surface area contributed by atoms with E-state index in [1.807, 2.05) is 42.5 Å². The number of carbonyl (C=O) groups excluding carboxylic acids is 2. The van der Waals surface area contributed by atoms with Crippen LogP contribution in [0.3, 0.4) is 0 Å². The third-order valence-electron chi connectivity index (χ3n) is 5.95. The summed E-state index contributed by atoms with van der Waals surface area (Å²) in [5.41, 5.74) is 1.67. The van der Waals surface area contributed by atoms with Crippen molar-refractivity contribution < 1.29 is 24.2 Å². The number of aliphatic hydroxyl groups excluding tert-OH is 1. The van der Waals surface area contributed by atoms with Gasteiger partial charge in [0.25, 0.3) is 0 Å². The average molecular weight is 406 g/mol. The van der Waals surface area contributed by atoms with Crippen LogP contribution < -0.4 is 0 Å². The normalized spacial score (nSPS) is 26.4. The molecule has 0 aromatic heterocycles. The summed E-state index contributed by atoms with van der Waals surface area (Å²) in [6, 6.07) is 18.9. The Kier molecular flexibility index (Phi) is 6.29. The van der Waals surface area contributed by atoms with Crippen LogP contribution in [0.2, 0.25) is 0 Å². The van der Waals surface area contributed by atoms with Gasteiger partial charge in [-0.1, -0.05) is 60.7 Å². The number of hydrogen-bond donors (Lipinski definition) is 1. The fourth-order valence-corrected chi connectivity index (χ4v) is 4.38. The molecule has 30 heavy (non-hydrogen) atoms. The van der Waals surface area contributed by atoms with Crippen molar-refractivity contribution >= 4 is 11.9 Å². The maximum atomic E-state index is 12.5. The van der Waals surface area contributed by atoms with Crippen LogP contribution in [0, 0.1) is 11.8 Å². The number of ether oxygens (including phenoxy) is 2. The highest BCUT2D eigenvalue weighted by molar-refractivity contribution is 5.89. The molecule has 2 aromatic carbocycles.